The van der Waals surface area contributed by atoms with Gasteiger partial charge in [0.2, 0.25) is 5.91 Å². The first-order chi connectivity index (χ1) is 12.0. The molecule has 6 heteroatoms. The number of anilines is 1. The molecular formula is C19H32N4O2. The van der Waals surface area contributed by atoms with Gasteiger partial charge in [-0.1, -0.05) is 32.0 Å². The largest absolute Gasteiger partial charge is 0.396 e. The topological polar surface area (TPSA) is 85.8 Å². The smallest absolute Gasteiger partial charge is 0.246 e. The molecule has 0 spiro atoms. The molecule has 1 atom stereocenters. The summed E-state index contributed by atoms with van der Waals surface area (Å²) >= 11 is 0. The van der Waals surface area contributed by atoms with Gasteiger partial charge in [0.15, 0.2) is 5.96 Å². The Morgan fingerprint density at radius 3 is 2.52 bits per heavy atom. The molecule has 1 aromatic carbocycles. The highest BCUT2D eigenvalue weighted by Crippen LogP contribution is 2.14. The lowest BCUT2D eigenvalue weighted by molar-refractivity contribution is -0.114. The van der Waals surface area contributed by atoms with Crippen molar-refractivity contribution < 1.29 is 9.90 Å². The Labute approximate surface area is 151 Å². The summed E-state index contributed by atoms with van der Waals surface area (Å²) in [6.45, 7) is 8.03. The van der Waals surface area contributed by atoms with E-state index in [1.807, 2.05) is 37.3 Å². The lowest BCUT2D eigenvalue weighted by Gasteiger charge is -2.20. The van der Waals surface area contributed by atoms with Gasteiger partial charge in [-0.15, -0.1) is 0 Å². The summed E-state index contributed by atoms with van der Waals surface area (Å²) in [5, 5.41) is 18.5. The second-order valence-corrected chi connectivity index (χ2v) is 6.50. The van der Waals surface area contributed by atoms with Crippen LogP contribution >= 0.6 is 0 Å². The number of hydrogen-bond donors (Lipinski definition) is 4. The third-order valence-corrected chi connectivity index (χ3v) is 3.68. The van der Waals surface area contributed by atoms with Crippen LogP contribution in [0.5, 0.6) is 0 Å². The zero-order valence-corrected chi connectivity index (χ0v) is 15.6. The maximum absolute atomic E-state index is 12.0. The van der Waals surface area contributed by atoms with E-state index in [4.69, 9.17) is 0 Å². The summed E-state index contributed by atoms with van der Waals surface area (Å²) in [5.74, 6) is 1.43. The molecule has 25 heavy (non-hydrogen) atoms. The van der Waals surface area contributed by atoms with E-state index in [1.165, 1.54) is 0 Å². The molecule has 0 saturated heterocycles. The summed E-state index contributed by atoms with van der Waals surface area (Å²) in [4.78, 5) is 16.3. The highest BCUT2D eigenvalue weighted by molar-refractivity contribution is 5.94. The molecule has 0 aliphatic heterocycles. The van der Waals surface area contributed by atoms with Gasteiger partial charge >= 0.3 is 0 Å². The van der Waals surface area contributed by atoms with Crippen LogP contribution in [0.2, 0.25) is 0 Å². The van der Waals surface area contributed by atoms with Crippen molar-refractivity contribution >= 4 is 17.6 Å². The first kappa shape index (κ1) is 21.0. The van der Waals surface area contributed by atoms with Crippen LogP contribution in [-0.4, -0.2) is 43.2 Å². The van der Waals surface area contributed by atoms with Crippen molar-refractivity contribution in [2.24, 2.45) is 16.8 Å². The van der Waals surface area contributed by atoms with E-state index >= 15 is 0 Å². The summed E-state index contributed by atoms with van der Waals surface area (Å²) in [5.41, 5.74) is 0.764. The van der Waals surface area contributed by atoms with Crippen molar-refractivity contribution in [3.63, 3.8) is 0 Å². The Hall–Kier alpha value is -2.08. The van der Waals surface area contributed by atoms with Crippen LogP contribution in [0.3, 0.4) is 0 Å². The van der Waals surface area contributed by atoms with Crippen molar-refractivity contribution in [1.82, 2.24) is 10.6 Å². The van der Waals surface area contributed by atoms with E-state index in [9.17, 15) is 9.90 Å². The van der Waals surface area contributed by atoms with Crippen LogP contribution in [0, 0.1) is 11.8 Å². The molecule has 140 valence electrons. The Morgan fingerprint density at radius 2 is 1.92 bits per heavy atom. The molecule has 0 fully saturated rings. The number of carbonyl (C=O) groups is 1. The lowest BCUT2D eigenvalue weighted by atomic mass is 9.94. The standard InChI is InChI=1S/C19H32N4O2/c1-4-20-19(21-13-16(10-11-24)12-15(2)3)22-14-18(25)23-17-8-6-5-7-9-17/h5-9,15-16,24H,4,10-14H2,1-3H3,(H,23,25)(H2,20,21,22). The van der Waals surface area contributed by atoms with Gasteiger partial charge in [0.25, 0.3) is 0 Å². The van der Waals surface area contributed by atoms with Crippen LogP contribution in [0.15, 0.2) is 35.3 Å². The number of para-hydroxylation sites is 1. The number of amides is 1. The number of carbonyl (C=O) groups excluding carboxylic acids is 1. The molecule has 0 aliphatic rings. The summed E-state index contributed by atoms with van der Waals surface area (Å²) < 4.78 is 0. The average molecular weight is 348 g/mol. The number of rotatable bonds is 10. The number of hydrogen-bond acceptors (Lipinski definition) is 3. The van der Waals surface area contributed by atoms with E-state index < -0.39 is 0 Å². The minimum Gasteiger partial charge on any atom is -0.396 e. The van der Waals surface area contributed by atoms with Gasteiger partial charge in [0.1, 0.15) is 6.54 Å². The Morgan fingerprint density at radius 1 is 1.20 bits per heavy atom. The van der Waals surface area contributed by atoms with Crippen molar-refractivity contribution in [2.75, 3.05) is 31.6 Å². The van der Waals surface area contributed by atoms with Gasteiger partial charge in [-0.25, -0.2) is 4.99 Å². The van der Waals surface area contributed by atoms with Crippen molar-refractivity contribution in [2.45, 2.75) is 33.6 Å². The normalized spacial score (nSPS) is 12.8. The molecule has 1 aromatic rings. The fourth-order valence-corrected chi connectivity index (χ4v) is 2.61. The minimum absolute atomic E-state index is 0.0546. The molecule has 0 saturated carbocycles. The van der Waals surface area contributed by atoms with E-state index in [1.54, 1.807) is 0 Å². The van der Waals surface area contributed by atoms with Gasteiger partial charge < -0.3 is 21.1 Å². The van der Waals surface area contributed by atoms with Gasteiger partial charge in [-0.05, 0) is 43.7 Å². The fourth-order valence-electron chi connectivity index (χ4n) is 2.61. The molecule has 0 aromatic heterocycles. The number of nitrogens with one attached hydrogen (secondary N) is 3. The molecule has 6 nitrogen and oxygen atoms in total. The molecular weight excluding hydrogens is 316 g/mol. The number of aliphatic imine (C=N–C) groups is 1. The molecule has 1 amide bonds. The predicted octanol–water partition coefficient (Wildman–Crippen LogP) is 2.22. The lowest BCUT2D eigenvalue weighted by Crippen LogP contribution is -2.40. The van der Waals surface area contributed by atoms with E-state index in [-0.39, 0.29) is 19.1 Å². The van der Waals surface area contributed by atoms with E-state index in [0.717, 1.165) is 31.6 Å². The van der Waals surface area contributed by atoms with Crippen LogP contribution in [0.4, 0.5) is 5.69 Å². The summed E-state index contributed by atoms with van der Waals surface area (Å²) in [6.07, 6.45) is 1.81. The number of aliphatic hydroxyl groups excluding tert-OH is 1. The zero-order valence-electron chi connectivity index (χ0n) is 15.6. The Balaban J connectivity index is 2.52. The van der Waals surface area contributed by atoms with Gasteiger partial charge in [-0.3, -0.25) is 4.79 Å². The minimum atomic E-state index is -0.155. The first-order valence-electron chi connectivity index (χ1n) is 9.03. The SMILES string of the molecule is CCNC(=NCC(=O)Nc1ccccc1)NCC(CCO)CC(C)C. The quantitative estimate of drug-likeness (QED) is 0.386. The van der Waals surface area contributed by atoms with Crippen molar-refractivity contribution in [1.29, 1.82) is 0 Å². The highest BCUT2D eigenvalue weighted by atomic mass is 16.3. The molecule has 1 unspecified atom stereocenters. The third kappa shape index (κ3) is 9.72. The summed E-state index contributed by atoms with van der Waals surface area (Å²) in [6, 6.07) is 9.34. The highest BCUT2D eigenvalue weighted by Gasteiger charge is 2.11. The zero-order chi connectivity index (χ0) is 18.5. The van der Waals surface area contributed by atoms with Crippen LogP contribution < -0.4 is 16.0 Å². The van der Waals surface area contributed by atoms with Crippen LogP contribution in [0.1, 0.15) is 33.6 Å². The molecule has 1 rings (SSSR count). The fraction of sp³-hybridized carbons (Fsp3) is 0.579. The van der Waals surface area contributed by atoms with Gasteiger partial charge in [0.05, 0.1) is 0 Å². The first-order valence-corrected chi connectivity index (χ1v) is 9.03. The van der Waals surface area contributed by atoms with Gasteiger partial charge in [-0.2, -0.15) is 0 Å². The predicted molar refractivity (Wildman–Crippen MR) is 104 cm³/mol. The second kappa shape index (κ2) is 12.3. The molecule has 0 radical (unpaired) electrons. The van der Waals surface area contributed by atoms with Crippen LogP contribution in [0.25, 0.3) is 0 Å². The number of benzene rings is 1. The van der Waals surface area contributed by atoms with Crippen molar-refractivity contribution in [3.05, 3.63) is 30.3 Å². The number of nitrogens with zero attached hydrogens (tertiary/aromatic N) is 1. The number of aliphatic hydroxyl groups is 1. The average Bonchev–Trinajstić information content (AvgIpc) is 2.58. The summed E-state index contributed by atoms with van der Waals surface area (Å²) in [7, 11) is 0. The Bertz CT molecular complexity index is 517. The Kier molecular flexibility index (Phi) is 10.3. The molecule has 4 N–H and O–H groups in total. The number of guanidine groups is 1. The maximum Gasteiger partial charge on any atom is 0.246 e. The molecule has 0 bridgehead atoms. The molecule has 0 heterocycles. The second-order valence-electron chi connectivity index (χ2n) is 6.50. The third-order valence-electron chi connectivity index (χ3n) is 3.68. The molecule has 0 aliphatic carbocycles. The van der Waals surface area contributed by atoms with Crippen LogP contribution in [-0.2, 0) is 4.79 Å². The monoisotopic (exact) mass is 348 g/mol. The van der Waals surface area contributed by atoms with Gasteiger partial charge in [0, 0.05) is 25.4 Å². The van der Waals surface area contributed by atoms with Crippen molar-refractivity contribution in [3.8, 4) is 0 Å². The maximum atomic E-state index is 12.0. The van der Waals surface area contributed by atoms with E-state index in [0.29, 0.717) is 17.8 Å². The van der Waals surface area contributed by atoms with E-state index in [2.05, 4.69) is 34.8 Å².